The summed E-state index contributed by atoms with van der Waals surface area (Å²) < 4.78 is 13.1. The number of hydrogen-bond acceptors (Lipinski definition) is 4. The molecule has 5 nitrogen and oxygen atoms in total. The molecule has 0 aliphatic carbocycles. The highest BCUT2D eigenvalue weighted by Crippen LogP contribution is 2.31. The van der Waals surface area contributed by atoms with Gasteiger partial charge in [0.2, 0.25) is 0 Å². The van der Waals surface area contributed by atoms with Gasteiger partial charge in [-0.15, -0.1) is 0 Å². The zero-order chi connectivity index (χ0) is 21.1. The number of rotatable bonds is 6. The fourth-order valence-corrected chi connectivity index (χ4v) is 4.33. The highest BCUT2D eigenvalue weighted by Gasteiger charge is 2.15. The molecule has 152 valence electrons. The van der Waals surface area contributed by atoms with Crippen LogP contribution in [0.3, 0.4) is 0 Å². The van der Waals surface area contributed by atoms with E-state index >= 15 is 0 Å². The number of benzene rings is 2. The van der Waals surface area contributed by atoms with E-state index in [1.807, 2.05) is 32.0 Å². The third kappa shape index (κ3) is 4.90. The molecule has 1 aromatic heterocycles. The molecule has 2 aromatic carbocycles. The average molecular weight is 522 g/mol. The van der Waals surface area contributed by atoms with Crippen LogP contribution in [0.15, 0.2) is 48.8 Å². The molecule has 3 aromatic rings. The lowest BCUT2D eigenvalue weighted by Crippen LogP contribution is -2.16. The average Bonchev–Trinajstić information content (AvgIpc) is 3.07. The van der Waals surface area contributed by atoms with Gasteiger partial charge in [0, 0.05) is 9.86 Å². The van der Waals surface area contributed by atoms with E-state index in [0.29, 0.717) is 18.1 Å². The Kier molecular flexibility index (Phi) is 6.80. The largest absolute Gasteiger partial charge is 0.494 e. The molecule has 0 unspecified atom stereocenters. The molecule has 29 heavy (non-hydrogen) atoms. The van der Waals surface area contributed by atoms with Gasteiger partial charge in [0.1, 0.15) is 11.3 Å². The monoisotopic (exact) mass is 520 g/mol. The maximum absolute atomic E-state index is 12.4. The second kappa shape index (κ2) is 9.13. The molecule has 0 fully saturated rings. The van der Waals surface area contributed by atoms with Crippen LogP contribution in [-0.4, -0.2) is 18.7 Å². The number of amides is 1. The molecule has 0 saturated carbocycles. The molecule has 0 spiro atoms. The smallest absolute Gasteiger partial charge is 0.307 e. The molecule has 3 rings (SSSR count). The van der Waals surface area contributed by atoms with Crippen molar-refractivity contribution >= 4 is 55.0 Å². The van der Waals surface area contributed by atoms with Gasteiger partial charge >= 0.3 is 5.91 Å². The molecule has 1 N–H and O–H groups in total. The van der Waals surface area contributed by atoms with Gasteiger partial charge in [0.05, 0.1) is 17.3 Å². The Morgan fingerprint density at radius 2 is 2.00 bits per heavy atom. The molecular formula is C22H22Br2N2O3. The van der Waals surface area contributed by atoms with Crippen LogP contribution < -0.4 is 10.2 Å². The van der Waals surface area contributed by atoms with Crippen molar-refractivity contribution in [3.05, 3.63) is 61.7 Å². The second-order valence-corrected chi connectivity index (χ2v) is 8.72. The first kappa shape index (κ1) is 21.6. The van der Waals surface area contributed by atoms with Crippen molar-refractivity contribution in [1.29, 1.82) is 0 Å². The fraction of sp³-hybridized carbons (Fsp3) is 0.273. The third-order valence-corrected chi connectivity index (χ3v) is 5.50. The van der Waals surface area contributed by atoms with E-state index in [-0.39, 0.29) is 5.76 Å². The molecule has 0 aliphatic rings. The first-order chi connectivity index (χ1) is 13.8. The van der Waals surface area contributed by atoms with Gasteiger partial charge in [-0.3, -0.25) is 4.79 Å². The number of hydrogen-bond donors (Lipinski definition) is 1. The van der Waals surface area contributed by atoms with E-state index in [2.05, 4.69) is 62.3 Å². The summed E-state index contributed by atoms with van der Waals surface area (Å²) in [5.74, 6) is 0.989. The number of aryl methyl sites for hydroxylation is 1. The molecule has 0 bridgehead atoms. The maximum Gasteiger partial charge on any atom is 0.307 e. The van der Waals surface area contributed by atoms with Gasteiger partial charge in [-0.05, 0) is 82.7 Å². The molecule has 0 radical (unpaired) electrons. The van der Waals surface area contributed by atoms with E-state index < -0.39 is 5.91 Å². The Morgan fingerprint density at radius 3 is 2.69 bits per heavy atom. The zero-order valence-corrected chi connectivity index (χ0v) is 19.8. The Labute approximate surface area is 186 Å². The number of furan rings is 1. The van der Waals surface area contributed by atoms with Gasteiger partial charge in [0.25, 0.3) is 0 Å². The number of ether oxygens (including phenoxy) is 1. The lowest BCUT2D eigenvalue weighted by atomic mass is 9.97. The van der Waals surface area contributed by atoms with Crippen molar-refractivity contribution in [3.63, 3.8) is 0 Å². The quantitative estimate of drug-likeness (QED) is 0.295. The molecule has 0 atom stereocenters. The van der Waals surface area contributed by atoms with Crippen molar-refractivity contribution in [1.82, 2.24) is 5.43 Å². The fourth-order valence-electron chi connectivity index (χ4n) is 2.99. The first-order valence-corrected chi connectivity index (χ1v) is 10.9. The van der Waals surface area contributed by atoms with Crippen LogP contribution in [0.1, 0.15) is 53.9 Å². The number of nitrogens with one attached hydrogen (secondary N) is 1. The van der Waals surface area contributed by atoms with Crippen LogP contribution in [-0.2, 0) is 0 Å². The lowest BCUT2D eigenvalue weighted by molar-refractivity contribution is 0.0929. The summed E-state index contributed by atoms with van der Waals surface area (Å²) in [6, 6.07) is 9.51. The molecule has 0 saturated heterocycles. The van der Waals surface area contributed by atoms with Crippen LogP contribution in [0.5, 0.6) is 5.75 Å². The third-order valence-electron chi connectivity index (χ3n) is 4.45. The minimum absolute atomic E-state index is 0.197. The Morgan fingerprint density at radius 1 is 1.24 bits per heavy atom. The number of carbonyl (C=O) groups is 1. The Bertz CT molecular complexity index is 1090. The number of carbonyl (C=O) groups excluding carboxylic acids is 1. The highest BCUT2D eigenvalue weighted by atomic mass is 79.9. The normalized spacial score (nSPS) is 11.6. The summed E-state index contributed by atoms with van der Waals surface area (Å²) in [4.78, 5) is 12.4. The zero-order valence-electron chi connectivity index (χ0n) is 16.7. The first-order valence-electron chi connectivity index (χ1n) is 9.29. The number of hydrazone groups is 1. The number of fused-ring (bicyclic) bond motifs is 1. The van der Waals surface area contributed by atoms with Crippen molar-refractivity contribution < 1.29 is 13.9 Å². The highest BCUT2D eigenvalue weighted by molar-refractivity contribution is 9.11. The van der Waals surface area contributed by atoms with Crippen molar-refractivity contribution in [3.8, 4) is 5.75 Å². The summed E-state index contributed by atoms with van der Waals surface area (Å²) in [6.45, 7) is 8.82. The summed E-state index contributed by atoms with van der Waals surface area (Å²) in [6.07, 6.45) is 1.64. The van der Waals surface area contributed by atoms with Gasteiger partial charge in [-0.25, -0.2) is 5.43 Å². The SMILES string of the molecule is CCOc1cc(C)c(/C=N\NC(=O)c2cc3cc(Br)cc(Br)c3o2)cc1C(C)C. The molecule has 1 heterocycles. The van der Waals surface area contributed by atoms with Gasteiger partial charge in [-0.1, -0.05) is 29.8 Å². The Hall–Kier alpha value is -2.12. The van der Waals surface area contributed by atoms with Crippen molar-refractivity contribution in [2.45, 2.75) is 33.6 Å². The van der Waals surface area contributed by atoms with Crippen molar-refractivity contribution in [2.24, 2.45) is 5.10 Å². The van der Waals surface area contributed by atoms with Crippen LogP contribution in [0.4, 0.5) is 0 Å². The summed E-state index contributed by atoms with van der Waals surface area (Å²) in [5.41, 5.74) is 6.21. The van der Waals surface area contributed by atoms with E-state index in [1.165, 1.54) is 0 Å². The number of halogens is 2. The maximum atomic E-state index is 12.4. The summed E-state index contributed by atoms with van der Waals surface area (Å²) >= 11 is 6.87. The predicted octanol–water partition coefficient (Wildman–Crippen LogP) is 6.55. The molecule has 1 amide bonds. The van der Waals surface area contributed by atoms with Crippen molar-refractivity contribution in [2.75, 3.05) is 6.61 Å². The minimum Gasteiger partial charge on any atom is -0.494 e. The van der Waals surface area contributed by atoms with E-state index in [1.54, 1.807) is 12.3 Å². The topological polar surface area (TPSA) is 63.8 Å². The van der Waals surface area contributed by atoms with Gasteiger partial charge < -0.3 is 9.15 Å². The van der Waals surface area contributed by atoms with Crippen LogP contribution in [0.2, 0.25) is 0 Å². The van der Waals surface area contributed by atoms with E-state index in [4.69, 9.17) is 9.15 Å². The van der Waals surface area contributed by atoms with Crippen LogP contribution in [0.25, 0.3) is 11.0 Å². The molecule has 0 aliphatic heterocycles. The standard InChI is InChI=1S/C22H22Br2N2O3/c1-5-28-19-6-13(4)15(8-17(19)12(2)3)11-25-26-22(27)20-9-14-7-16(23)10-18(24)21(14)29-20/h6-12H,5H2,1-4H3,(H,26,27)/b25-11-. The molecule has 7 heteroatoms. The van der Waals surface area contributed by atoms with Crippen LogP contribution in [0, 0.1) is 6.92 Å². The summed E-state index contributed by atoms with van der Waals surface area (Å²) in [5, 5.41) is 4.94. The second-order valence-electron chi connectivity index (χ2n) is 6.95. The lowest BCUT2D eigenvalue weighted by Gasteiger charge is -2.15. The summed E-state index contributed by atoms with van der Waals surface area (Å²) in [7, 11) is 0. The van der Waals surface area contributed by atoms with Gasteiger partial charge in [-0.2, -0.15) is 5.10 Å². The minimum atomic E-state index is -0.409. The number of nitrogens with zero attached hydrogens (tertiary/aromatic N) is 1. The van der Waals surface area contributed by atoms with E-state index in [0.717, 1.165) is 36.8 Å². The van der Waals surface area contributed by atoms with Crippen LogP contribution >= 0.6 is 31.9 Å². The molecular weight excluding hydrogens is 500 g/mol. The van der Waals surface area contributed by atoms with E-state index in [9.17, 15) is 4.79 Å². The predicted molar refractivity (Wildman–Crippen MR) is 123 cm³/mol. The van der Waals surface area contributed by atoms with Gasteiger partial charge in [0.15, 0.2) is 5.76 Å². The Balaban J connectivity index is 1.80.